The van der Waals surface area contributed by atoms with Crippen molar-refractivity contribution in [3.05, 3.63) is 98.9 Å². The Labute approximate surface area is 257 Å². The molecule has 3 aromatic heterocycles. The van der Waals surface area contributed by atoms with Gasteiger partial charge in [-0.1, -0.05) is 6.07 Å². The van der Waals surface area contributed by atoms with Crippen LogP contribution in [0.15, 0.2) is 65.2 Å². The number of H-pyrrole nitrogens is 1. The van der Waals surface area contributed by atoms with Gasteiger partial charge in [-0.25, -0.2) is 4.98 Å². The highest BCUT2D eigenvalue weighted by Gasteiger charge is 2.32. The fourth-order valence-corrected chi connectivity index (χ4v) is 6.41. The molecule has 8 heteroatoms. The quantitative estimate of drug-likeness (QED) is 0.173. The van der Waals surface area contributed by atoms with E-state index >= 15 is 0 Å². The average Bonchev–Trinajstić information content (AvgIpc) is 3.96. The number of aromatic nitrogens is 3. The number of aromatic amines is 1. The predicted octanol–water partition coefficient (Wildman–Crippen LogP) is 6.20. The molecule has 6 N–H and O–H groups in total. The summed E-state index contributed by atoms with van der Waals surface area (Å²) in [5, 5.41) is 14.4. The minimum absolute atomic E-state index is 0.0970. The standard InChI is InChI=1S/C36H39N7O/c1-21(10-13-37)33(39)28-14-22(18-38)4-9-27(28)25-15-31(24-7-8-24)42-32(16-25)43-20-30(23-5-6-23)29-17-26(41-34(29)35(43)44)19-40-36(2)11-3-12-36/h4,9-10,13-17,20,23-24,40-41H,3,5-8,11-12,19,37,39H2,1-2H3/b13-10-,33-21-. The zero-order chi connectivity index (χ0) is 30.6. The molecule has 0 amide bonds. The van der Waals surface area contributed by atoms with Gasteiger partial charge >= 0.3 is 0 Å². The first kappa shape index (κ1) is 28.2. The third-order valence-electron chi connectivity index (χ3n) is 9.66. The van der Waals surface area contributed by atoms with Crippen LogP contribution in [0.5, 0.6) is 0 Å². The van der Waals surface area contributed by atoms with Gasteiger partial charge in [0.05, 0.1) is 11.6 Å². The van der Waals surface area contributed by atoms with Gasteiger partial charge in [0.2, 0.25) is 0 Å². The SMILES string of the molecule is CC(/C=C\N)=C(/N)c1cc(C#N)ccc1-c1cc(C2CC2)nc(-n2cc(C3CC3)c3cc(CNC4(C)CCC4)[nH]c3c2=O)c1. The van der Waals surface area contributed by atoms with Crippen molar-refractivity contribution in [2.75, 3.05) is 0 Å². The molecule has 44 heavy (non-hydrogen) atoms. The molecule has 4 aromatic rings. The predicted molar refractivity (Wildman–Crippen MR) is 175 cm³/mol. The van der Waals surface area contributed by atoms with Gasteiger partial charge in [0.15, 0.2) is 0 Å². The lowest BCUT2D eigenvalue weighted by Gasteiger charge is -2.39. The van der Waals surface area contributed by atoms with Gasteiger partial charge in [-0.2, -0.15) is 5.26 Å². The minimum Gasteiger partial charge on any atom is -0.405 e. The molecule has 1 aromatic carbocycles. The van der Waals surface area contributed by atoms with Gasteiger partial charge in [-0.05, 0) is 130 Å². The normalized spacial score (nSPS) is 18.3. The smallest absolute Gasteiger partial charge is 0.280 e. The highest BCUT2D eigenvalue weighted by atomic mass is 16.1. The van der Waals surface area contributed by atoms with Gasteiger partial charge in [0.25, 0.3) is 5.56 Å². The summed E-state index contributed by atoms with van der Waals surface area (Å²) in [7, 11) is 0. The van der Waals surface area contributed by atoms with Crippen molar-refractivity contribution in [1.82, 2.24) is 19.9 Å². The van der Waals surface area contributed by atoms with Crippen molar-refractivity contribution in [2.45, 2.75) is 82.7 Å². The maximum atomic E-state index is 14.2. The van der Waals surface area contributed by atoms with E-state index in [2.05, 4.69) is 35.4 Å². The molecule has 3 aliphatic carbocycles. The minimum atomic E-state index is -0.0970. The van der Waals surface area contributed by atoms with Crippen LogP contribution in [0.1, 0.15) is 98.7 Å². The van der Waals surface area contributed by atoms with Crippen LogP contribution in [0.4, 0.5) is 0 Å². The Balaban J connectivity index is 1.37. The second kappa shape index (κ2) is 10.8. The first-order valence-electron chi connectivity index (χ1n) is 15.7. The topological polar surface area (TPSA) is 139 Å². The first-order valence-corrected chi connectivity index (χ1v) is 15.7. The maximum Gasteiger partial charge on any atom is 0.280 e. The van der Waals surface area contributed by atoms with Crippen LogP contribution in [0, 0.1) is 11.3 Å². The molecule has 3 fully saturated rings. The Hall–Kier alpha value is -4.61. The molecule has 3 heterocycles. The Bertz CT molecular complexity index is 1940. The molecule has 0 atom stereocenters. The fourth-order valence-electron chi connectivity index (χ4n) is 6.41. The molecule has 224 valence electrons. The van der Waals surface area contributed by atoms with Crippen molar-refractivity contribution >= 4 is 16.6 Å². The lowest BCUT2D eigenvalue weighted by Crippen LogP contribution is -2.47. The Kier molecular flexibility index (Phi) is 6.94. The molecule has 7 rings (SSSR count). The molecule has 3 aliphatic rings. The summed E-state index contributed by atoms with van der Waals surface area (Å²) in [5.74, 6) is 1.42. The largest absolute Gasteiger partial charge is 0.405 e. The monoisotopic (exact) mass is 585 g/mol. The van der Waals surface area contributed by atoms with Gasteiger partial charge in [0, 0.05) is 52.2 Å². The number of nitrogens with two attached hydrogens (primary N) is 2. The van der Waals surface area contributed by atoms with Crippen LogP contribution in [0.2, 0.25) is 0 Å². The molecule has 8 nitrogen and oxygen atoms in total. The number of hydrogen-bond donors (Lipinski definition) is 4. The fraction of sp³-hybridized carbons (Fsp3) is 0.361. The lowest BCUT2D eigenvalue weighted by atomic mass is 9.78. The molecule has 0 radical (unpaired) electrons. The molecule has 0 unspecified atom stereocenters. The summed E-state index contributed by atoms with van der Waals surface area (Å²) in [6.07, 6.45) is 13.3. The lowest BCUT2D eigenvalue weighted by molar-refractivity contribution is 0.206. The Morgan fingerprint density at radius 3 is 2.61 bits per heavy atom. The van der Waals surface area contributed by atoms with Gasteiger partial charge < -0.3 is 21.8 Å². The molecule has 0 aliphatic heterocycles. The number of fused-ring (bicyclic) bond motifs is 1. The molecule has 3 saturated carbocycles. The first-order chi connectivity index (χ1) is 21.3. The maximum absolute atomic E-state index is 14.2. The summed E-state index contributed by atoms with van der Waals surface area (Å²) < 4.78 is 1.73. The number of nitrogens with one attached hydrogen (secondary N) is 2. The third kappa shape index (κ3) is 5.22. The highest BCUT2D eigenvalue weighted by Crippen LogP contribution is 2.44. The van der Waals surface area contributed by atoms with E-state index in [1.807, 2.05) is 31.3 Å². The Morgan fingerprint density at radius 2 is 1.95 bits per heavy atom. The van der Waals surface area contributed by atoms with E-state index < -0.39 is 0 Å². The number of pyridine rings is 2. The number of benzene rings is 1. The van der Waals surface area contributed by atoms with Crippen molar-refractivity contribution in [3.8, 4) is 23.0 Å². The summed E-state index contributed by atoms with van der Waals surface area (Å²) in [4.78, 5) is 22.7. The number of nitriles is 1. The average molecular weight is 586 g/mol. The van der Waals surface area contributed by atoms with E-state index in [9.17, 15) is 10.1 Å². The second-order valence-electron chi connectivity index (χ2n) is 13.1. The van der Waals surface area contributed by atoms with Gasteiger partial charge in [-0.3, -0.25) is 9.36 Å². The van der Waals surface area contributed by atoms with E-state index in [1.165, 1.54) is 31.0 Å². The third-order valence-corrected chi connectivity index (χ3v) is 9.66. The van der Waals surface area contributed by atoms with E-state index in [-0.39, 0.29) is 11.1 Å². The summed E-state index contributed by atoms with van der Waals surface area (Å²) in [6.45, 7) is 4.89. The number of hydrogen-bond acceptors (Lipinski definition) is 6. The van der Waals surface area contributed by atoms with E-state index in [1.54, 1.807) is 16.7 Å². The summed E-state index contributed by atoms with van der Waals surface area (Å²) >= 11 is 0. The molecular weight excluding hydrogens is 546 g/mol. The van der Waals surface area contributed by atoms with Crippen molar-refractivity contribution in [3.63, 3.8) is 0 Å². The number of nitrogens with zero attached hydrogens (tertiary/aromatic N) is 3. The second-order valence-corrected chi connectivity index (χ2v) is 13.1. The molecular formula is C36H39N7O. The molecule has 0 spiro atoms. The van der Waals surface area contributed by atoms with E-state index in [0.29, 0.717) is 41.0 Å². The summed E-state index contributed by atoms with van der Waals surface area (Å²) in [6, 6.07) is 14.0. The van der Waals surface area contributed by atoms with Crippen LogP contribution in [-0.2, 0) is 6.54 Å². The zero-order valence-electron chi connectivity index (χ0n) is 25.4. The number of allylic oxidation sites excluding steroid dienone is 2. The van der Waals surface area contributed by atoms with Crippen molar-refractivity contribution in [1.29, 1.82) is 5.26 Å². The van der Waals surface area contributed by atoms with E-state index in [4.69, 9.17) is 16.5 Å². The van der Waals surface area contributed by atoms with Gasteiger partial charge in [0.1, 0.15) is 11.3 Å². The summed E-state index contributed by atoms with van der Waals surface area (Å²) in [5.41, 5.74) is 20.7. The molecule has 0 saturated heterocycles. The van der Waals surface area contributed by atoms with Crippen LogP contribution >= 0.6 is 0 Å². The van der Waals surface area contributed by atoms with Crippen LogP contribution in [-0.4, -0.2) is 20.1 Å². The van der Waals surface area contributed by atoms with Gasteiger partial charge in [-0.15, -0.1) is 0 Å². The number of rotatable bonds is 9. The van der Waals surface area contributed by atoms with Crippen molar-refractivity contribution < 1.29 is 0 Å². The van der Waals surface area contributed by atoms with E-state index in [0.717, 1.165) is 64.7 Å². The highest BCUT2D eigenvalue weighted by molar-refractivity contribution is 5.85. The molecule has 0 bridgehead atoms. The van der Waals surface area contributed by atoms with Crippen LogP contribution < -0.4 is 22.3 Å². The van der Waals surface area contributed by atoms with Crippen molar-refractivity contribution in [2.24, 2.45) is 11.5 Å². The Morgan fingerprint density at radius 1 is 1.18 bits per heavy atom. The van der Waals surface area contributed by atoms with Crippen LogP contribution in [0.25, 0.3) is 33.5 Å². The zero-order valence-corrected chi connectivity index (χ0v) is 25.4. The van der Waals surface area contributed by atoms with Crippen LogP contribution in [0.3, 0.4) is 0 Å².